The zero-order valence-corrected chi connectivity index (χ0v) is 11.5. The van der Waals surface area contributed by atoms with Crippen LogP contribution in [-0.2, 0) is 9.59 Å². The molecule has 0 bridgehead atoms. The summed E-state index contributed by atoms with van der Waals surface area (Å²) in [5.41, 5.74) is -0.743. The van der Waals surface area contributed by atoms with E-state index in [1.54, 1.807) is 6.20 Å². The van der Waals surface area contributed by atoms with Gasteiger partial charge in [0.15, 0.2) is 0 Å². The fourth-order valence-electron chi connectivity index (χ4n) is 1.82. The van der Waals surface area contributed by atoms with Crippen LogP contribution in [0.25, 0.3) is 0 Å². The Balaban J connectivity index is 4.80. The Kier molecular flexibility index (Phi) is 6.37. The number of nitrogens with one attached hydrogen (secondary N) is 2. The molecule has 0 saturated carbocycles. The third-order valence-corrected chi connectivity index (χ3v) is 3.22. The van der Waals surface area contributed by atoms with Gasteiger partial charge in [0.25, 0.3) is 0 Å². The van der Waals surface area contributed by atoms with Crippen LogP contribution in [0.2, 0.25) is 0 Å². The van der Waals surface area contributed by atoms with Crippen molar-refractivity contribution in [2.45, 2.75) is 44.7 Å². The van der Waals surface area contributed by atoms with Crippen LogP contribution in [0, 0.1) is 5.92 Å². The van der Waals surface area contributed by atoms with Crippen LogP contribution in [0.1, 0.15) is 33.6 Å². The van der Waals surface area contributed by atoms with Crippen molar-refractivity contribution in [3.8, 4) is 0 Å². The summed E-state index contributed by atoms with van der Waals surface area (Å²) in [7, 11) is 0. The second-order valence-corrected chi connectivity index (χ2v) is 5.30. The van der Waals surface area contributed by atoms with Gasteiger partial charge in [0.2, 0.25) is 0 Å². The number of hydrogen-bond donors (Lipinski definition) is 2. The quantitative estimate of drug-likeness (QED) is 0.460. The molecule has 4 heteroatoms. The molecule has 18 heavy (non-hydrogen) atoms. The Morgan fingerprint density at radius 2 is 1.50 bits per heavy atom. The number of rotatable bonds is 10. The predicted molar refractivity (Wildman–Crippen MR) is 74.0 cm³/mol. The van der Waals surface area contributed by atoms with Gasteiger partial charge in [-0.2, -0.15) is 0 Å². The van der Waals surface area contributed by atoms with Gasteiger partial charge in [-0.1, -0.05) is 13.2 Å². The molecule has 0 heterocycles. The second-order valence-electron chi connectivity index (χ2n) is 5.30. The summed E-state index contributed by atoms with van der Waals surface area (Å²) in [6.07, 6.45) is 5.97. The summed E-state index contributed by atoms with van der Waals surface area (Å²) in [6, 6.07) is 0. The monoisotopic (exact) mass is 252 g/mol. The van der Waals surface area contributed by atoms with Crippen LogP contribution >= 0.6 is 0 Å². The summed E-state index contributed by atoms with van der Waals surface area (Å²) in [6.45, 7) is 13.2. The van der Waals surface area contributed by atoms with Crippen molar-refractivity contribution in [2.75, 3.05) is 0 Å². The van der Waals surface area contributed by atoms with Gasteiger partial charge in [0, 0.05) is 5.54 Å². The van der Waals surface area contributed by atoms with Crippen LogP contribution in [0.5, 0.6) is 0 Å². The van der Waals surface area contributed by atoms with Crippen molar-refractivity contribution in [3.05, 3.63) is 25.6 Å². The maximum absolute atomic E-state index is 11.0. The Morgan fingerprint density at radius 3 is 1.89 bits per heavy atom. The summed E-state index contributed by atoms with van der Waals surface area (Å²) in [5.74, 6) is -0.685. The molecule has 4 nitrogen and oxygen atoms in total. The van der Waals surface area contributed by atoms with Crippen LogP contribution in [0.15, 0.2) is 25.6 Å². The largest absolute Gasteiger partial charge is 0.386 e. The van der Waals surface area contributed by atoms with Crippen LogP contribution < -0.4 is 10.6 Å². The van der Waals surface area contributed by atoms with Gasteiger partial charge >= 0.3 is 0 Å². The number of carbonyl (C=O) groups excluding carboxylic acids is 2. The lowest BCUT2D eigenvalue weighted by Gasteiger charge is -2.36. The highest BCUT2D eigenvalue weighted by Crippen LogP contribution is 2.24. The van der Waals surface area contributed by atoms with Gasteiger partial charge in [0.05, 0.1) is 11.5 Å². The van der Waals surface area contributed by atoms with Gasteiger partial charge in [0.1, 0.15) is 12.6 Å². The lowest BCUT2D eigenvalue weighted by Crippen LogP contribution is -2.49. The molecule has 102 valence electrons. The zero-order valence-electron chi connectivity index (χ0n) is 11.5. The van der Waals surface area contributed by atoms with E-state index in [0.717, 1.165) is 6.42 Å². The smallest absolute Gasteiger partial charge is 0.132 e. The summed E-state index contributed by atoms with van der Waals surface area (Å²) in [4.78, 5) is 21.9. The van der Waals surface area contributed by atoms with Crippen molar-refractivity contribution in [1.29, 1.82) is 0 Å². The molecule has 0 aliphatic heterocycles. The summed E-state index contributed by atoms with van der Waals surface area (Å²) < 4.78 is 0. The Hall–Kier alpha value is -1.58. The Labute approximate surface area is 110 Å². The normalized spacial score (nSPS) is 14.4. The number of carbonyl (C=O) groups is 2. The average molecular weight is 252 g/mol. The maximum Gasteiger partial charge on any atom is 0.132 e. The average Bonchev–Trinajstić information content (AvgIpc) is 2.29. The lowest BCUT2D eigenvalue weighted by atomic mass is 9.80. The molecule has 0 spiro atoms. The van der Waals surface area contributed by atoms with Gasteiger partial charge in [-0.25, -0.2) is 0 Å². The molecule has 0 fully saturated rings. The van der Waals surface area contributed by atoms with Crippen molar-refractivity contribution in [2.24, 2.45) is 5.92 Å². The summed E-state index contributed by atoms with van der Waals surface area (Å²) >= 11 is 0. The maximum atomic E-state index is 11.0. The molecule has 0 saturated heterocycles. The first-order valence-electron chi connectivity index (χ1n) is 6.03. The van der Waals surface area contributed by atoms with Gasteiger partial charge < -0.3 is 20.2 Å². The van der Waals surface area contributed by atoms with E-state index in [-0.39, 0.29) is 5.54 Å². The minimum absolute atomic E-state index is 0.137. The van der Waals surface area contributed by atoms with Crippen molar-refractivity contribution in [3.63, 3.8) is 0 Å². The third kappa shape index (κ3) is 4.73. The molecule has 1 atom stereocenters. The van der Waals surface area contributed by atoms with E-state index in [1.807, 2.05) is 20.8 Å². The molecule has 0 aromatic carbocycles. The second kappa shape index (κ2) is 6.99. The van der Waals surface area contributed by atoms with Gasteiger partial charge in [-0.05, 0) is 46.0 Å². The molecular weight excluding hydrogens is 228 g/mol. The fraction of sp³-hybridized carbons (Fsp3) is 0.571. The van der Waals surface area contributed by atoms with Gasteiger partial charge in [-0.15, -0.1) is 0 Å². The lowest BCUT2D eigenvalue weighted by molar-refractivity contribution is -0.122. The molecule has 1 unspecified atom stereocenters. The predicted octanol–water partition coefficient (Wildman–Crippen LogP) is 1.78. The highest BCUT2D eigenvalue weighted by molar-refractivity contribution is 5.79. The van der Waals surface area contributed by atoms with Crippen molar-refractivity contribution >= 4 is 12.6 Å². The Bertz CT molecular complexity index is 305. The van der Waals surface area contributed by atoms with E-state index < -0.39 is 11.5 Å². The topological polar surface area (TPSA) is 58.2 Å². The van der Waals surface area contributed by atoms with E-state index in [1.165, 1.54) is 6.20 Å². The number of aldehydes is 2. The van der Waals surface area contributed by atoms with E-state index in [4.69, 9.17) is 0 Å². The summed E-state index contributed by atoms with van der Waals surface area (Å²) in [5, 5.41) is 6.17. The molecule has 0 aromatic rings. The molecule has 0 rings (SSSR count). The fourth-order valence-corrected chi connectivity index (χ4v) is 1.82. The molecule has 0 aliphatic rings. The molecule has 0 radical (unpaired) electrons. The van der Waals surface area contributed by atoms with Gasteiger partial charge in [-0.3, -0.25) is 0 Å². The molecule has 2 N–H and O–H groups in total. The molecule has 0 aromatic heterocycles. The Morgan fingerprint density at radius 1 is 1.00 bits per heavy atom. The number of hydrogen-bond acceptors (Lipinski definition) is 4. The van der Waals surface area contributed by atoms with Crippen LogP contribution in [0.4, 0.5) is 0 Å². The van der Waals surface area contributed by atoms with Crippen LogP contribution in [-0.4, -0.2) is 23.7 Å². The standard InChI is InChI=1S/C14H24N2O2/c1-6-15-13(3,4)8-9-14(5,16-7-2)12(10-17)11-18/h6-7,10-12,15-16H,1-2,8-9H2,3-5H3. The first-order chi connectivity index (χ1) is 8.35. The molecule has 0 aliphatic carbocycles. The molecule has 0 amide bonds. The van der Waals surface area contributed by atoms with E-state index in [2.05, 4.69) is 23.8 Å². The third-order valence-electron chi connectivity index (χ3n) is 3.22. The van der Waals surface area contributed by atoms with E-state index in [9.17, 15) is 9.59 Å². The van der Waals surface area contributed by atoms with E-state index in [0.29, 0.717) is 19.0 Å². The van der Waals surface area contributed by atoms with E-state index >= 15 is 0 Å². The highest BCUT2D eigenvalue weighted by Gasteiger charge is 2.34. The highest BCUT2D eigenvalue weighted by atomic mass is 16.1. The first-order valence-corrected chi connectivity index (χ1v) is 6.03. The van der Waals surface area contributed by atoms with Crippen molar-refractivity contribution in [1.82, 2.24) is 10.6 Å². The SMILES string of the molecule is C=CNC(C)(C)CCC(C)(NC=C)C(C=O)C=O. The zero-order chi connectivity index (χ0) is 14.2. The minimum atomic E-state index is -0.685. The molecular formula is C14H24N2O2. The van der Waals surface area contributed by atoms with Crippen LogP contribution in [0.3, 0.4) is 0 Å². The van der Waals surface area contributed by atoms with Crippen molar-refractivity contribution < 1.29 is 9.59 Å². The minimum Gasteiger partial charge on any atom is -0.386 e. The first kappa shape index (κ1) is 16.4.